The number of aromatic nitrogens is 8. The first-order chi connectivity index (χ1) is 32.2. The average molecular weight is 936 g/mol. The molecule has 0 saturated carbocycles. The third-order valence-electron chi connectivity index (χ3n) is 11.7. The summed E-state index contributed by atoms with van der Waals surface area (Å²) in [5.41, 5.74) is 16.3. The van der Waals surface area contributed by atoms with E-state index in [1.807, 2.05) is 49.0 Å². The van der Waals surface area contributed by atoms with Crippen LogP contribution in [0.5, 0.6) is 5.75 Å². The normalized spacial score (nSPS) is 15.1. The van der Waals surface area contributed by atoms with Gasteiger partial charge in [-0.1, -0.05) is 19.1 Å². The molecular formula is C46H57N13O7S. The van der Waals surface area contributed by atoms with E-state index in [4.69, 9.17) is 35.6 Å². The van der Waals surface area contributed by atoms with Crippen molar-refractivity contribution in [2.24, 2.45) is 16.9 Å². The van der Waals surface area contributed by atoms with Gasteiger partial charge in [0, 0.05) is 73.0 Å². The minimum absolute atomic E-state index is 0.0584. The van der Waals surface area contributed by atoms with Gasteiger partial charge in [-0.15, -0.1) is 11.8 Å². The number of morpholine rings is 1. The van der Waals surface area contributed by atoms with Gasteiger partial charge in [0.05, 0.1) is 61.0 Å². The van der Waals surface area contributed by atoms with Gasteiger partial charge < -0.3 is 34.8 Å². The predicted molar refractivity (Wildman–Crippen MR) is 254 cm³/mol. The van der Waals surface area contributed by atoms with Crippen LogP contribution in [-0.4, -0.2) is 126 Å². The third-order valence-corrected chi connectivity index (χ3v) is 13.2. The maximum atomic E-state index is 13.9. The number of hydrogen-bond donors (Lipinski definition) is 4. The van der Waals surface area contributed by atoms with Crippen LogP contribution in [0.4, 0.5) is 11.9 Å². The molecule has 6 heterocycles. The van der Waals surface area contributed by atoms with Crippen molar-refractivity contribution in [2.75, 3.05) is 69.1 Å². The number of ether oxygens (including phenoxy) is 3. The van der Waals surface area contributed by atoms with Crippen LogP contribution < -0.4 is 26.8 Å². The summed E-state index contributed by atoms with van der Waals surface area (Å²) in [5.74, 6) is -0.515. The fraction of sp³-hybridized carbons (Fsp3) is 0.435. The number of allylic oxidation sites excluding steroid dienone is 2. The van der Waals surface area contributed by atoms with Crippen LogP contribution in [0.3, 0.4) is 0 Å². The molecule has 4 aromatic heterocycles. The first kappa shape index (κ1) is 47.0. The number of anilines is 2. The van der Waals surface area contributed by atoms with E-state index < -0.39 is 23.6 Å². The van der Waals surface area contributed by atoms with Gasteiger partial charge in [-0.2, -0.15) is 10.2 Å². The minimum Gasteiger partial charge on any atom is -0.491 e. The molecule has 0 aliphatic carbocycles. The fourth-order valence-corrected chi connectivity index (χ4v) is 9.45. The lowest BCUT2D eigenvalue weighted by Gasteiger charge is -2.37. The van der Waals surface area contributed by atoms with Crippen molar-refractivity contribution >= 4 is 69.4 Å². The second kappa shape index (κ2) is 20.1. The van der Waals surface area contributed by atoms with Crippen LogP contribution in [-0.2, 0) is 35.7 Å². The summed E-state index contributed by atoms with van der Waals surface area (Å²) >= 11 is 1.57. The standard InChI is InChI=1S/C46H57N13O7S/c1-6-58-34(19-28(3)53-58)42(62)51-44-49-32-21-30(40(47)60)23-36(66-16-10-11-55-14-17-64-18-15-55)38(32)56(44)12-8-9-13-57-39-33(50-45(57)52-43(63)35-20-29(4)54-59(35)7-2)22-31(41(48)61)24-37(39)67-27-46(5)25-65-26-46/h8-9,19-24H,6-7,10-18,25-27H2,1-5H3,(H2,47,60)(H2,48,61)(H,49,51,62)(H,50,52,63)/b9-8+. The minimum atomic E-state index is -0.650. The summed E-state index contributed by atoms with van der Waals surface area (Å²) in [7, 11) is 0. The van der Waals surface area contributed by atoms with Gasteiger partial charge in [-0.25, -0.2) is 9.97 Å². The number of primary amides is 2. The molecule has 0 radical (unpaired) electrons. The molecule has 2 saturated heterocycles. The van der Waals surface area contributed by atoms with Crippen LogP contribution >= 0.6 is 11.8 Å². The van der Waals surface area contributed by atoms with E-state index in [0.29, 0.717) is 114 Å². The Morgan fingerprint density at radius 3 is 1.84 bits per heavy atom. The number of carbonyl (C=O) groups is 4. The maximum Gasteiger partial charge on any atom is 0.276 e. The van der Waals surface area contributed by atoms with Gasteiger partial charge >= 0.3 is 0 Å². The van der Waals surface area contributed by atoms with Crippen LogP contribution in [0.25, 0.3) is 22.1 Å². The van der Waals surface area contributed by atoms with Gasteiger partial charge in [-0.05, 0) is 70.5 Å². The fourth-order valence-electron chi connectivity index (χ4n) is 8.22. The van der Waals surface area contributed by atoms with Gasteiger partial charge in [0.1, 0.15) is 22.7 Å². The molecule has 2 aliphatic rings. The SMILES string of the molecule is CCn1nc(C)cc1C(=O)Nc1nc2cc(C(N)=O)cc(OCCCN3CCOCC3)c2n1C/C=C/Cn1c(NC(=O)c2cc(C)nn2CC)nc2cc(C(N)=O)cc(SCC3(C)COC3)c21. The van der Waals surface area contributed by atoms with Crippen LogP contribution in [0, 0.1) is 19.3 Å². The predicted octanol–water partition coefficient (Wildman–Crippen LogP) is 4.62. The lowest BCUT2D eigenvalue weighted by molar-refractivity contribution is -0.0861. The van der Waals surface area contributed by atoms with Crippen LogP contribution in [0.1, 0.15) is 80.3 Å². The van der Waals surface area contributed by atoms with Crippen molar-refractivity contribution in [2.45, 2.75) is 72.1 Å². The largest absolute Gasteiger partial charge is 0.491 e. The summed E-state index contributed by atoms with van der Waals surface area (Å²) in [6, 6.07) is 10.0. The first-order valence-corrected chi connectivity index (χ1v) is 23.4. The lowest BCUT2D eigenvalue weighted by Crippen LogP contribution is -2.41. The van der Waals surface area contributed by atoms with Crippen molar-refractivity contribution < 1.29 is 33.4 Å². The molecule has 21 heteroatoms. The molecule has 2 fully saturated rings. The van der Waals surface area contributed by atoms with Gasteiger partial charge in [0.2, 0.25) is 23.7 Å². The molecule has 0 atom stereocenters. The number of thioether (sulfide) groups is 1. The monoisotopic (exact) mass is 935 g/mol. The molecule has 67 heavy (non-hydrogen) atoms. The average Bonchev–Trinajstić information content (AvgIpc) is 4.07. The van der Waals surface area contributed by atoms with E-state index >= 15 is 0 Å². The lowest BCUT2D eigenvalue weighted by atomic mass is 9.92. The Bertz CT molecular complexity index is 2870. The Morgan fingerprint density at radius 1 is 0.776 bits per heavy atom. The summed E-state index contributed by atoms with van der Waals surface area (Å²) in [6.45, 7) is 16.4. The second-order valence-electron chi connectivity index (χ2n) is 17.1. The number of hydrogen-bond acceptors (Lipinski definition) is 13. The smallest absolute Gasteiger partial charge is 0.276 e. The Balaban J connectivity index is 1.17. The molecule has 4 amide bonds. The van der Waals surface area contributed by atoms with Crippen LogP contribution in [0.15, 0.2) is 53.4 Å². The number of fused-ring (bicyclic) bond motifs is 2. The zero-order valence-corrected chi connectivity index (χ0v) is 39.3. The van der Waals surface area contributed by atoms with Crippen molar-refractivity contribution in [1.29, 1.82) is 0 Å². The summed E-state index contributed by atoms with van der Waals surface area (Å²) in [6.07, 6.45) is 4.54. The Labute approximate surface area is 391 Å². The third kappa shape index (κ3) is 10.4. The molecule has 6 aromatic rings. The molecule has 0 spiro atoms. The molecule has 8 rings (SSSR count). The van der Waals surface area contributed by atoms with Crippen molar-refractivity contribution in [3.05, 3.63) is 82.5 Å². The zero-order chi connectivity index (χ0) is 47.4. The van der Waals surface area contributed by atoms with Gasteiger partial charge in [0.25, 0.3) is 11.8 Å². The maximum absolute atomic E-state index is 13.9. The van der Waals surface area contributed by atoms with E-state index in [-0.39, 0.29) is 36.0 Å². The number of nitrogens with one attached hydrogen (secondary N) is 2. The highest BCUT2D eigenvalue weighted by atomic mass is 32.2. The highest BCUT2D eigenvalue weighted by molar-refractivity contribution is 7.99. The van der Waals surface area contributed by atoms with Gasteiger partial charge in [0.15, 0.2) is 0 Å². The number of rotatable bonds is 20. The van der Waals surface area contributed by atoms with Crippen molar-refractivity contribution in [3.63, 3.8) is 0 Å². The zero-order valence-electron chi connectivity index (χ0n) is 38.5. The van der Waals surface area contributed by atoms with E-state index in [2.05, 4.69) is 32.7 Å². The Hall–Kier alpha value is -6.55. The quantitative estimate of drug-likeness (QED) is 0.0464. The summed E-state index contributed by atoms with van der Waals surface area (Å²) in [5, 5.41) is 14.9. The van der Waals surface area contributed by atoms with E-state index in [0.717, 1.165) is 24.5 Å². The number of nitrogens with two attached hydrogens (primary N) is 2. The Kier molecular flexibility index (Phi) is 14.1. The molecule has 0 bridgehead atoms. The number of benzene rings is 2. The van der Waals surface area contributed by atoms with E-state index in [1.165, 1.54) is 0 Å². The number of aryl methyl sites for hydroxylation is 4. The summed E-state index contributed by atoms with van der Waals surface area (Å²) in [4.78, 5) is 65.9. The Morgan fingerprint density at radius 2 is 1.31 bits per heavy atom. The molecular weight excluding hydrogens is 879 g/mol. The van der Waals surface area contributed by atoms with Gasteiger partial charge in [-0.3, -0.25) is 44.1 Å². The number of imidazole rings is 2. The summed E-state index contributed by atoms with van der Waals surface area (Å²) < 4.78 is 24.4. The van der Waals surface area contributed by atoms with E-state index in [1.54, 1.807) is 57.5 Å². The topological polar surface area (TPSA) is 247 Å². The number of carbonyl (C=O) groups excluding carboxylic acids is 4. The molecule has 0 unspecified atom stereocenters. The van der Waals surface area contributed by atoms with Crippen molar-refractivity contribution in [1.82, 2.24) is 43.6 Å². The molecule has 6 N–H and O–H groups in total. The highest BCUT2D eigenvalue weighted by Gasteiger charge is 2.34. The van der Waals surface area contributed by atoms with E-state index in [9.17, 15) is 19.2 Å². The van der Waals surface area contributed by atoms with Crippen molar-refractivity contribution in [3.8, 4) is 5.75 Å². The number of amides is 4. The second-order valence-corrected chi connectivity index (χ2v) is 18.1. The first-order valence-electron chi connectivity index (χ1n) is 22.4. The molecule has 2 aromatic carbocycles. The number of nitrogens with zero attached hydrogens (tertiary/aromatic N) is 9. The molecule has 2 aliphatic heterocycles. The highest BCUT2D eigenvalue weighted by Crippen LogP contribution is 2.39. The molecule has 20 nitrogen and oxygen atoms in total. The van der Waals surface area contributed by atoms with Crippen LogP contribution in [0.2, 0.25) is 0 Å². The molecule has 354 valence electrons.